The van der Waals surface area contributed by atoms with Crippen LogP contribution in [-0.4, -0.2) is 30.7 Å². The first-order valence-electron chi connectivity index (χ1n) is 6.90. The van der Waals surface area contributed by atoms with Crippen molar-refractivity contribution in [2.24, 2.45) is 5.14 Å². The van der Waals surface area contributed by atoms with Crippen molar-refractivity contribution in [2.75, 3.05) is 18.1 Å². The molecule has 1 aromatic heterocycles. The van der Waals surface area contributed by atoms with Crippen molar-refractivity contribution in [1.29, 1.82) is 0 Å². The van der Waals surface area contributed by atoms with Gasteiger partial charge in [-0.25, -0.2) is 23.5 Å². The van der Waals surface area contributed by atoms with Gasteiger partial charge in [0.2, 0.25) is 10.0 Å². The lowest BCUT2D eigenvalue weighted by Crippen LogP contribution is -2.11. The molecule has 7 nitrogen and oxygen atoms in total. The predicted molar refractivity (Wildman–Crippen MR) is 89.9 cm³/mol. The summed E-state index contributed by atoms with van der Waals surface area (Å²) >= 11 is 1.45. The summed E-state index contributed by atoms with van der Waals surface area (Å²) in [7, 11) is -3.68. The van der Waals surface area contributed by atoms with E-state index >= 15 is 0 Å². The van der Waals surface area contributed by atoms with Gasteiger partial charge in [-0.2, -0.15) is 0 Å². The van der Waals surface area contributed by atoms with E-state index in [1.165, 1.54) is 23.9 Å². The van der Waals surface area contributed by atoms with Gasteiger partial charge in [-0.3, -0.25) is 0 Å². The first kappa shape index (κ1) is 17.5. The SMILES string of the molecule is CCc1cc(N)nc(SCCOc2ccc(S(N)(=O)=O)cc2)n1. The molecule has 2 aromatic rings. The minimum absolute atomic E-state index is 0.0551. The number of nitrogens with two attached hydrogens (primary N) is 2. The number of rotatable bonds is 7. The lowest BCUT2D eigenvalue weighted by Gasteiger charge is -2.07. The highest BCUT2D eigenvalue weighted by Crippen LogP contribution is 2.18. The molecule has 0 unspecified atom stereocenters. The van der Waals surface area contributed by atoms with Gasteiger partial charge in [0.1, 0.15) is 11.6 Å². The zero-order valence-corrected chi connectivity index (χ0v) is 14.2. The minimum atomic E-state index is -3.68. The second kappa shape index (κ2) is 7.62. The number of sulfonamides is 1. The van der Waals surface area contributed by atoms with Gasteiger partial charge in [0.05, 0.1) is 11.5 Å². The molecule has 9 heteroatoms. The van der Waals surface area contributed by atoms with Crippen LogP contribution in [0, 0.1) is 0 Å². The molecule has 0 bridgehead atoms. The fourth-order valence-corrected chi connectivity index (χ4v) is 2.97. The van der Waals surface area contributed by atoms with E-state index in [0.717, 1.165) is 12.1 Å². The molecule has 0 aliphatic carbocycles. The van der Waals surface area contributed by atoms with Gasteiger partial charge in [0.25, 0.3) is 0 Å². The molecule has 1 heterocycles. The van der Waals surface area contributed by atoms with Crippen LogP contribution in [0.4, 0.5) is 5.82 Å². The Kier molecular flexibility index (Phi) is 5.80. The van der Waals surface area contributed by atoms with E-state index in [-0.39, 0.29) is 4.90 Å². The number of primary sulfonamides is 1. The second-order valence-electron chi connectivity index (χ2n) is 4.63. The highest BCUT2D eigenvalue weighted by Gasteiger charge is 2.07. The predicted octanol–water partition coefficient (Wildman–Crippen LogP) is 1.44. The molecule has 0 radical (unpaired) electrons. The maximum atomic E-state index is 11.2. The van der Waals surface area contributed by atoms with Crippen molar-refractivity contribution in [3.63, 3.8) is 0 Å². The van der Waals surface area contributed by atoms with Crippen LogP contribution in [0.25, 0.3) is 0 Å². The second-order valence-corrected chi connectivity index (χ2v) is 7.26. The molecule has 0 fully saturated rings. The van der Waals surface area contributed by atoms with E-state index in [1.54, 1.807) is 18.2 Å². The monoisotopic (exact) mass is 354 g/mol. The molecular formula is C14H18N4O3S2. The largest absolute Gasteiger partial charge is 0.493 e. The number of aryl methyl sites for hydroxylation is 1. The fraction of sp³-hybridized carbons (Fsp3) is 0.286. The summed E-state index contributed by atoms with van der Waals surface area (Å²) in [6.07, 6.45) is 0.799. The number of ether oxygens (including phenoxy) is 1. The molecule has 0 amide bonds. The third kappa shape index (κ3) is 5.38. The Balaban J connectivity index is 1.85. The summed E-state index contributed by atoms with van der Waals surface area (Å²) in [6, 6.07) is 7.71. The van der Waals surface area contributed by atoms with Crippen LogP contribution >= 0.6 is 11.8 Å². The first-order chi connectivity index (χ1) is 10.9. The summed E-state index contributed by atoms with van der Waals surface area (Å²) in [5.41, 5.74) is 6.63. The van der Waals surface area contributed by atoms with E-state index in [2.05, 4.69) is 9.97 Å². The van der Waals surface area contributed by atoms with Crippen LogP contribution in [-0.2, 0) is 16.4 Å². The highest BCUT2D eigenvalue weighted by molar-refractivity contribution is 7.99. The highest BCUT2D eigenvalue weighted by atomic mass is 32.2. The number of nitrogen functional groups attached to an aromatic ring is 1. The molecule has 1 aromatic carbocycles. The fourth-order valence-electron chi connectivity index (χ4n) is 1.76. The average molecular weight is 354 g/mol. The normalized spacial score (nSPS) is 11.4. The molecular weight excluding hydrogens is 336 g/mol. The third-order valence-corrected chi connectivity index (χ3v) is 4.62. The lowest BCUT2D eigenvalue weighted by atomic mass is 10.3. The Morgan fingerprint density at radius 1 is 1.22 bits per heavy atom. The van der Waals surface area contributed by atoms with Crippen molar-refractivity contribution < 1.29 is 13.2 Å². The zero-order valence-electron chi connectivity index (χ0n) is 12.6. The van der Waals surface area contributed by atoms with Gasteiger partial charge in [0, 0.05) is 17.5 Å². The van der Waals surface area contributed by atoms with Gasteiger partial charge < -0.3 is 10.5 Å². The molecule has 0 spiro atoms. The van der Waals surface area contributed by atoms with Crippen LogP contribution < -0.4 is 15.6 Å². The number of anilines is 1. The summed E-state index contributed by atoms with van der Waals surface area (Å²) in [6.45, 7) is 2.43. The number of thioether (sulfide) groups is 1. The summed E-state index contributed by atoms with van der Waals surface area (Å²) in [5.74, 6) is 1.67. The van der Waals surface area contributed by atoms with Crippen molar-refractivity contribution >= 4 is 27.6 Å². The average Bonchev–Trinajstić information content (AvgIpc) is 2.50. The molecule has 23 heavy (non-hydrogen) atoms. The molecule has 4 N–H and O–H groups in total. The van der Waals surface area contributed by atoms with E-state index in [0.29, 0.717) is 29.1 Å². The lowest BCUT2D eigenvalue weighted by molar-refractivity contribution is 0.343. The van der Waals surface area contributed by atoms with Gasteiger partial charge in [0.15, 0.2) is 5.16 Å². The standard InChI is InChI=1S/C14H18N4O3S2/c1-2-10-9-13(15)18-14(17-10)22-8-7-21-11-3-5-12(6-4-11)23(16,19)20/h3-6,9H,2,7-8H2,1H3,(H2,15,17,18)(H2,16,19,20). The van der Waals surface area contributed by atoms with Crippen LogP contribution in [0.5, 0.6) is 5.75 Å². The Morgan fingerprint density at radius 3 is 2.52 bits per heavy atom. The van der Waals surface area contributed by atoms with Gasteiger partial charge in [-0.15, -0.1) is 0 Å². The maximum Gasteiger partial charge on any atom is 0.238 e. The summed E-state index contributed by atoms with van der Waals surface area (Å²) < 4.78 is 27.8. The van der Waals surface area contributed by atoms with Crippen LogP contribution in [0.2, 0.25) is 0 Å². The number of nitrogens with zero attached hydrogens (tertiary/aromatic N) is 2. The van der Waals surface area contributed by atoms with E-state index < -0.39 is 10.0 Å². The van der Waals surface area contributed by atoms with E-state index in [9.17, 15) is 8.42 Å². The zero-order chi connectivity index (χ0) is 16.9. The summed E-state index contributed by atoms with van der Waals surface area (Å²) in [5, 5.41) is 5.65. The molecule has 0 aliphatic heterocycles. The van der Waals surface area contributed by atoms with Gasteiger partial charge in [-0.05, 0) is 30.7 Å². The van der Waals surface area contributed by atoms with Gasteiger partial charge in [-0.1, -0.05) is 18.7 Å². The van der Waals surface area contributed by atoms with Crippen molar-refractivity contribution in [1.82, 2.24) is 9.97 Å². The van der Waals surface area contributed by atoms with Crippen molar-refractivity contribution in [2.45, 2.75) is 23.4 Å². The molecule has 0 saturated carbocycles. The van der Waals surface area contributed by atoms with Crippen molar-refractivity contribution in [3.8, 4) is 5.75 Å². The van der Waals surface area contributed by atoms with Crippen LogP contribution in [0.1, 0.15) is 12.6 Å². The Morgan fingerprint density at radius 2 is 1.91 bits per heavy atom. The smallest absolute Gasteiger partial charge is 0.238 e. The van der Waals surface area contributed by atoms with E-state index in [1.807, 2.05) is 6.92 Å². The molecule has 0 saturated heterocycles. The van der Waals surface area contributed by atoms with Gasteiger partial charge >= 0.3 is 0 Å². The number of hydrogen-bond acceptors (Lipinski definition) is 7. The number of benzene rings is 1. The molecule has 2 rings (SSSR count). The van der Waals surface area contributed by atoms with Crippen LogP contribution in [0.3, 0.4) is 0 Å². The quantitative estimate of drug-likeness (QED) is 0.438. The topological polar surface area (TPSA) is 121 Å². The van der Waals surface area contributed by atoms with E-state index in [4.69, 9.17) is 15.6 Å². The number of aromatic nitrogens is 2. The third-order valence-electron chi connectivity index (χ3n) is 2.88. The summed E-state index contributed by atoms with van der Waals surface area (Å²) in [4.78, 5) is 8.58. The Bertz CT molecular complexity index is 764. The molecule has 0 atom stereocenters. The van der Waals surface area contributed by atoms with Crippen molar-refractivity contribution in [3.05, 3.63) is 36.0 Å². The number of hydrogen-bond donors (Lipinski definition) is 2. The van der Waals surface area contributed by atoms with Crippen LogP contribution in [0.15, 0.2) is 40.4 Å². The molecule has 124 valence electrons. The minimum Gasteiger partial charge on any atom is -0.493 e. The first-order valence-corrected chi connectivity index (χ1v) is 9.43. The maximum absolute atomic E-state index is 11.2. The Hall–Kier alpha value is -1.84. The Labute approximate surface area is 139 Å². The molecule has 0 aliphatic rings.